The number of aromatic nitrogens is 5. The molecule has 0 fully saturated rings. The number of pyridine rings is 1. The minimum absolute atomic E-state index is 0.0109. The fourth-order valence-corrected chi connectivity index (χ4v) is 2.72. The Labute approximate surface area is 144 Å². The maximum Gasteiger partial charge on any atom is 0.168 e. The zero-order valence-electron chi connectivity index (χ0n) is 13.4. The van der Waals surface area contributed by atoms with Crippen LogP contribution in [0.5, 0.6) is 0 Å². The molecule has 0 bridgehead atoms. The summed E-state index contributed by atoms with van der Waals surface area (Å²) in [5, 5.41) is 18.0. The molecule has 3 heterocycles. The Bertz CT molecular complexity index is 999. The van der Waals surface area contributed by atoms with Crippen LogP contribution >= 0.6 is 0 Å². The van der Waals surface area contributed by atoms with Gasteiger partial charge in [-0.25, -0.2) is 14.6 Å². The van der Waals surface area contributed by atoms with Gasteiger partial charge in [0.25, 0.3) is 0 Å². The molecule has 0 unspecified atom stereocenters. The van der Waals surface area contributed by atoms with E-state index in [0.717, 1.165) is 27.8 Å². The van der Waals surface area contributed by atoms with Gasteiger partial charge in [-0.15, -0.1) is 0 Å². The molecule has 0 aliphatic carbocycles. The number of nitrogens with zero attached hydrogens (tertiary/aromatic N) is 5. The van der Waals surface area contributed by atoms with Gasteiger partial charge in [-0.3, -0.25) is 4.98 Å². The lowest BCUT2D eigenvalue weighted by Gasteiger charge is -2.10. The molecule has 0 atom stereocenters. The Morgan fingerprint density at radius 2 is 1.80 bits per heavy atom. The molecule has 0 amide bonds. The maximum absolute atomic E-state index is 9.44. The summed E-state index contributed by atoms with van der Waals surface area (Å²) >= 11 is 0. The normalized spacial score (nSPS) is 10.9. The van der Waals surface area contributed by atoms with Gasteiger partial charge < -0.3 is 10.4 Å². The van der Waals surface area contributed by atoms with E-state index in [4.69, 9.17) is 0 Å². The molecule has 4 aromatic rings. The van der Waals surface area contributed by atoms with Crippen LogP contribution < -0.4 is 5.32 Å². The van der Waals surface area contributed by atoms with Gasteiger partial charge in [0.2, 0.25) is 0 Å². The summed E-state index contributed by atoms with van der Waals surface area (Å²) in [6.45, 7) is 0.570. The molecule has 7 heteroatoms. The predicted octanol–water partition coefficient (Wildman–Crippen LogP) is 2.31. The summed E-state index contributed by atoms with van der Waals surface area (Å²) < 4.78 is 1.76. The minimum Gasteiger partial charge on any atom is -0.392 e. The molecule has 25 heavy (non-hydrogen) atoms. The molecule has 0 radical (unpaired) electrons. The van der Waals surface area contributed by atoms with Gasteiger partial charge in [-0.05, 0) is 23.3 Å². The van der Waals surface area contributed by atoms with E-state index in [0.29, 0.717) is 12.4 Å². The van der Waals surface area contributed by atoms with Gasteiger partial charge in [-0.1, -0.05) is 24.3 Å². The van der Waals surface area contributed by atoms with Crippen molar-refractivity contribution in [1.82, 2.24) is 24.7 Å². The molecule has 0 spiro atoms. The highest BCUT2D eigenvalue weighted by Crippen LogP contribution is 2.22. The first kappa shape index (κ1) is 15.2. The fraction of sp³-hybridized carbons (Fsp3) is 0.111. The maximum atomic E-state index is 9.44. The predicted molar refractivity (Wildman–Crippen MR) is 94.1 cm³/mol. The van der Waals surface area contributed by atoms with Crippen molar-refractivity contribution in [3.63, 3.8) is 0 Å². The summed E-state index contributed by atoms with van der Waals surface area (Å²) in [7, 11) is 0. The molecular weight excluding hydrogens is 316 g/mol. The lowest BCUT2D eigenvalue weighted by atomic mass is 10.1. The van der Waals surface area contributed by atoms with Crippen LogP contribution in [-0.4, -0.2) is 29.8 Å². The van der Waals surface area contributed by atoms with E-state index in [9.17, 15) is 5.11 Å². The second kappa shape index (κ2) is 6.66. The molecule has 0 aliphatic heterocycles. The largest absolute Gasteiger partial charge is 0.392 e. The molecule has 4 rings (SSSR count). The zero-order chi connectivity index (χ0) is 17.1. The van der Waals surface area contributed by atoms with Crippen LogP contribution in [0.25, 0.3) is 16.7 Å². The van der Waals surface area contributed by atoms with E-state index in [-0.39, 0.29) is 6.61 Å². The van der Waals surface area contributed by atoms with E-state index in [1.807, 2.05) is 36.4 Å². The number of hydrogen-bond acceptors (Lipinski definition) is 6. The third-order valence-corrected chi connectivity index (χ3v) is 4.01. The second-order valence-corrected chi connectivity index (χ2v) is 5.50. The Morgan fingerprint density at radius 1 is 1.00 bits per heavy atom. The minimum atomic E-state index is 0.0109. The standard InChI is InChI=1S/C18H16N6O/c25-11-14-4-2-1-3-13(14)9-20-17-16-10-23-24(18(16)22-12-21-17)15-5-7-19-8-6-15/h1-8,10,12,25H,9,11H2,(H,20,21,22). The number of benzene rings is 1. The molecule has 3 aromatic heterocycles. The molecule has 124 valence electrons. The first-order valence-corrected chi connectivity index (χ1v) is 7.87. The summed E-state index contributed by atoms with van der Waals surface area (Å²) in [5.74, 6) is 0.707. The third-order valence-electron chi connectivity index (χ3n) is 4.01. The van der Waals surface area contributed by atoms with E-state index in [2.05, 4.69) is 25.4 Å². The summed E-state index contributed by atoms with van der Waals surface area (Å²) in [6, 6.07) is 11.5. The topological polar surface area (TPSA) is 88.8 Å². The number of hydrogen-bond donors (Lipinski definition) is 2. The van der Waals surface area contributed by atoms with Gasteiger partial charge in [0, 0.05) is 18.9 Å². The Kier molecular flexibility index (Phi) is 4.05. The molecule has 0 saturated heterocycles. The van der Waals surface area contributed by atoms with Crippen molar-refractivity contribution in [1.29, 1.82) is 0 Å². The summed E-state index contributed by atoms with van der Waals surface area (Å²) in [6.07, 6.45) is 6.70. The highest BCUT2D eigenvalue weighted by molar-refractivity contribution is 5.87. The van der Waals surface area contributed by atoms with E-state index in [1.165, 1.54) is 6.33 Å². The first-order chi connectivity index (χ1) is 12.4. The molecular formula is C18H16N6O. The van der Waals surface area contributed by atoms with Gasteiger partial charge in [-0.2, -0.15) is 5.10 Å². The molecule has 0 saturated carbocycles. The Balaban J connectivity index is 1.66. The number of rotatable bonds is 5. The first-order valence-electron chi connectivity index (χ1n) is 7.87. The van der Waals surface area contributed by atoms with E-state index >= 15 is 0 Å². The van der Waals surface area contributed by atoms with Crippen molar-refractivity contribution in [3.8, 4) is 5.69 Å². The van der Waals surface area contributed by atoms with Crippen molar-refractivity contribution in [2.24, 2.45) is 0 Å². The van der Waals surface area contributed by atoms with Gasteiger partial charge in [0.15, 0.2) is 5.65 Å². The molecule has 1 aromatic carbocycles. The summed E-state index contributed by atoms with van der Waals surface area (Å²) in [5.41, 5.74) is 3.53. The average Bonchev–Trinajstić information content (AvgIpc) is 3.12. The van der Waals surface area contributed by atoms with Crippen LogP contribution in [0.2, 0.25) is 0 Å². The Hall–Kier alpha value is -3.32. The van der Waals surface area contributed by atoms with Gasteiger partial charge in [0.1, 0.15) is 12.1 Å². The number of nitrogens with one attached hydrogen (secondary N) is 1. The van der Waals surface area contributed by atoms with Crippen molar-refractivity contribution in [2.45, 2.75) is 13.2 Å². The van der Waals surface area contributed by atoms with Crippen molar-refractivity contribution >= 4 is 16.9 Å². The lowest BCUT2D eigenvalue weighted by molar-refractivity contribution is 0.280. The Morgan fingerprint density at radius 3 is 2.60 bits per heavy atom. The van der Waals surface area contributed by atoms with Crippen LogP contribution in [0, 0.1) is 0 Å². The van der Waals surface area contributed by atoms with Crippen LogP contribution in [0.1, 0.15) is 11.1 Å². The van der Waals surface area contributed by atoms with Crippen LogP contribution in [0.3, 0.4) is 0 Å². The molecule has 0 aliphatic rings. The number of aliphatic hydroxyl groups is 1. The van der Waals surface area contributed by atoms with Crippen molar-refractivity contribution in [2.75, 3.05) is 5.32 Å². The van der Waals surface area contributed by atoms with E-state index < -0.39 is 0 Å². The van der Waals surface area contributed by atoms with Crippen LogP contribution in [0.4, 0.5) is 5.82 Å². The van der Waals surface area contributed by atoms with Crippen LogP contribution in [-0.2, 0) is 13.2 Å². The average molecular weight is 332 g/mol. The second-order valence-electron chi connectivity index (χ2n) is 5.50. The van der Waals surface area contributed by atoms with Gasteiger partial charge in [0.05, 0.1) is 23.9 Å². The van der Waals surface area contributed by atoms with Crippen LogP contribution in [0.15, 0.2) is 61.3 Å². The van der Waals surface area contributed by atoms with Crippen molar-refractivity contribution in [3.05, 3.63) is 72.4 Å². The third kappa shape index (κ3) is 2.92. The number of aliphatic hydroxyl groups excluding tert-OH is 1. The highest BCUT2D eigenvalue weighted by Gasteiger charge is 2.11. The highest BCUT2D eigenvalue weighted by atomic mass is 16.3. The fourth-order valence-electron chi connectivity index (χ4n) is 2.72. The zero-order valence-corrected chi connectivity index (χ0v) is 13.4. The molecule has 7 nitrogen and oxygen atoms in total. The summed E-state index contributed by atoms with van der Waals surface area (Å²) in [4.78, 5) is 12.7. The monoisotopic (exact) mass is 332 g/mol. The number of fused-ring (bicyclic) bond motifs is 1. The van der Waals surface area contributed by atoms with Crippen molar-refractivity contribution < 1.29 is 5.11 Å². The quantitative estimate of drug-likeness (QED) is 0.583. The lowest BCUT2D eigenvalue weighted by Crippen LogP contribution is -2.05. The molecule has 2 N–H and O–H groups in total. The SMILES string of the molecule is OCc1ccccc1CNc1ncnc2c1cnn2-c1ccncc1. The van der Waals surface area contributed by atoms with Gasteiger partial charge >= 0.3 is 0 Å². The number of anilines is 1. The van der Waals surface area contributed by atoms with E-state index in [1.54, 1.807) is 23.3 Å². The smallest absolute Gasteiger partial charge is 0.168 e.